The van der Waals surface area contributed by atoms with Gasteiger partial charge in [-0.3, -0.25) is 10.2 Å². The van der Waals surface area contributed by atoms with E-state index in [1.54, 1.807) is 13.8 Å². The third-order valence-electron chi connectivity index (χ3n) is 6.10. The van der Waals surface area contributed by atoms with Crippen LogP contribution in [0.2, 0.25) is 0 Å². The SMILES string of the molecule is CO[C@@]1(C)O[C@@H]2[C@H](OC(C)=O)[C@@H](OC(=N)C(Cl)(Cl)Cl)O[C@H](COCc3ccccc3)[C@H]2O[C@]1(C)OC. The Morgan fingerprint density at radius 2 is 1.61 bits per heavy atom. The van der Waals surface area contributed by atoms with Crippen LogP contribution in [-0.2, 0) is 49.3 Å². The Kier molecular flexibility index (Phi) is 9.52. The van der Waals surface area contributed by atoms with Gasteiger partial charge in [-0.25, -0.2) is 0 Å². The van der Waals surface area contributed by atoms with E-state index in [1.807, 2.05) is 30.3 Å². The summed E-state index contributed by atoms with van der Waals surface area (Å²) in [6.45, 7) is 4.79. The number of methoxy groups -OCH3 is 2. The largest absolute Gasteiger partial charge is 0.453 e. The molecule has 13 heteroatoms. The van der Waals surface area contributed by atoms with Crippen molar-refractivity contribution < 1.29 is 42.7 Å². The molecular weight excluding hydrogens is 541 g/mol. The summed E-state index contributed by atoms with van der Waals surface area (Å²) in [5.41, 5.74) is 0.947. The molecular formula is C23H30Cl3NO9. The van der Waals surface area contributed by atoms with E-state index in [9.17, 15) is 4.79 Å². The molecule has 2 aliphatic heterocycles. The molecule has 1 N–H and O–H groups in total. The maximum atomic E-state index is 12.0. The molecule has 7 atom stereocenters. The summed E-state index contributed by atoms with van der Waals surface area (Å²) in [4.78, 5) is 12.0. The summed E-state index contributed by atoms with van der Waals surface area (Å²) >= 11 is 17.4. The van der Waals surface area contributed by atoms with Crippen LogP contribution in [0, 0.1) is 5.41 Å². The minimum absolute atomic E-state index is 0.0245. The van der Waals surface area contributed by atoms with Crippen LogP contribution in [0.25, 0.3) is 0 Å². The lowest BCUT2D eigenvalue weighted by Gasteiger charge is -2.56. The Morgan fingerprint density at radius 3 is 2.14 bits per heavy atom. The predicted molar refractivity (Wildman–Crippen MR) is 130 cm³/mol. The second kappa shape index (κ2) is 11.7. The van der Waals surface area contributed by atoms with Crippen LogP contribution in [0.4, 0.5) is 0 Å². The molecule has 2 aliphatic rings. The first-order valence-electron chi connectivity index (χ1n) is 11.1. The van der Waals surface area contributed by atoms with Crippen molar-refractivity contribution in [1.29, 1.82) is 5.41 Å². The molecule has 0 amide bonds. The first-order chi connectivity index (χ1) is 16.8. The van der Waals surface area contributed by atoms with Crippen molar-refractivity contribution >= 4 is 46.7 Å². The highest BCUT2D eigenvalue weighted by molar-refractivity contribution is 6.76. The number of nitrogens with one attached hydrogen (secondary N) is 1. The molecule has 2 heterocycles. The van der Waals surface area contributed by atoms with Gasteiger partial charge in [0.25, 0.3) is 3.79 Å². The molecule has 3 rings (SSSR count). The average molecular weight is 571 g/mol. The summed E-state index contributed by atoms with van der Waals surface area (Å²) in [6, 6.07) is 9.54. The van der Waals surface area contributed by atoms with Crippen molar-refractivity contribution in [3.05, 3.63) is 35.9 Å². The molecule has 1 aromatic rings. The number of halogens is 3. The molecule has 0 aromatic heterocycles. The maximum absolute atomic E-state index is 12.0. The van der Waals surface area contributed by atoms with Gasteiger partial charge in [0.1, 0.15) is 18.3 Å². The highest BCUT2D eigenvalue weighted by Gasteiger charge is 2.64. The molecule has 0 unspecified atom stereocenters. The van der Waals surface area contributed by atoms with Crippen molar-refractivity contribution in [1.82, 2.24) is 0 Å². The van der Waals surface area contributed by atoms with Crippen LogP contribution >= 0.6 is 34.8 Å². The number of alkyl halides is 3. The zero-order chi connectivity index (χ0) is 26.7. The van der Waals surface area contributed by atoms with Crippen LogP contribution in [-0.4, -0.2) is 78.8 Å². The van der Waals surface area contributed by atoms with E-state index in [0.717, 1.165) is 5.56 Å². The topological polar surface area (TPSA) is 115 Å². The number of esters is 1. The lowest BCUT2D eigenvalue weighted by Crippen LogP contribution is -2.73. The summed E-state index contributed by atoms with van der Waals surface area (Å²) < 4.78 is 44.6. The first-order valence-corrected chi connectivity index (χ1v) is 12.2. The third kappa shape index (κ3) is 6.43. The molecule has 0 aliphatic carbocycles. The number of ether oxygens (including phenoxy) is 8. The smallest absolute Gasteiger partial charge is 0.303 e. The fourth-order valence-electron chi connectivity index (χ4n) is 3.95. The molecule has 2 saturated heterocycles. The zero-order valence-corrected chi connectivity index (χ0v) is 22.8. The van der Waals surface area contributed by atoms with Gasteiger partial charge in [0.05, 0.1) is 13.2 Å². The molecule has 0 saturated carbocycles. The number of carbonyl (C=O) groups excluding carboxylic acids is 1. The minimum atomic E-state index is -2.18. The van der Waals surface area contributed by atoms with Gasteiger partial charge in [0.2, 0.25) is 23.8 Å². The van der Waals surface area contributed by atoms with Gasteiger partial charge in [-0.1, -0.05) is 65.1 Å². The zero-order valence-electron chi connectivity index (χ0n) is 20.5. The van der Waals surface area contributed by atoms with E-state index in [0.29, 0.717) is 6.61 Å². The average Bonchev–Trinajstić information content (AvgIpc) is 2.82. The van der Waals surface area contributed by atoms with E-state index >= 15 is 0 Å². The normalized spacial score (nSPS) is 34.5. The summed E-state index contributed by atoms with van der Waals surface area (Å²) in [7, 11) is 2.87. The Balaban J connectivity index is 1.93. The molecule has 2 fully saturated rings. The summed E-state index contributed by atoms with van der Waals surface area (Å²) in [5.74, 6) is -4.19. The Bertz CT molecular complexity index is 918. The molecule has 0 radical (unpaired) electrons. The summed E-state index contributed by atoms with van der Waals surface area (Å²) in [5, 5.41) is 8.02. The van der Waals surface area contributed by atoms with Crippen LogP contribution < -0.4 is 0 Å². The van der Waals surface area contributed by atoms with Crippen LogP contribution in [0.5, 0.6) is 0 Å². The standard InChI is InChI=1S/C23H30Cl3NO9/c1-13(28)32-18-17-16(35-21(2,29-4)22(3,30-5)36-17)15(12-31-11-14-9-7-6-8-10-14)33-19(18)34-20(27)23(24,25)26/h6-10,15-19,27H,11-12H2,1-5H3/t15-,16-,17+,18+,19-,21+,22+/m1/s1. The van der Waals surface area contributed by atoms with Crippen molar-refractivity contribution in [3.63, 3.8) is 0 Å². The number of benzene rings is 1. The van der Waals surface area contributed by atoms with E-state index in [-0.39, 0.29) is 6.61 Å². The fourth-order valence-corrected chi connectivity index (χ4v) is 4.09. The Hall–Kier alpha value is -1.21. The van der Waals surface area contributed by atoms with Crippen LogP contribution in [0.1, 0.15) is 26.3 Å². The Morgan fingerprint density at radius 1 is 1.03 bits per heavy atom. The van der Waals surface area contributed by atoms with Crippen LogP contribution in [0.3, 0.4) is 0 Å². The minimum Gasteiger partial charge on any atom is -0.453 e. The quantitative estimate of drug-likeness (QED) is 0.216. The van der Waals surface area contributed by atoms with Gasteiger partial charge in [-0.2, -0.15) is 0 Å². The lowest BCUT2D eigenvalue weighted by atomic mass is 9.94. The molecule has 10 nitrogen and oxygen atoms in total. The first kappa shape index (κ1) is 29.3. The highest BCUT2D eigenvalue weighted by atomic mass is 35.6. The highest BCUT2D eigenvalue weighted by Crippen LogP contribution is 2.45. The monoisotopic (exact) mass is 569 g/mol. The van der Waals surface area contributed by atoms with E-state index in [1.165, 1.54) is 21.1 Å². The second-order valence-electron chi connectivity index (χ2n) is 8.53. The van der Waals surface area contributed by atoms with Crippen molar-refractivity contribution in [2.24, 2.45) is 0 Å². The van der Waals surface area contributed by atoms with E-state index in [4.69, 9.17) is 78.1 Å². The summed E-state index contributed by atoms with van der Waals surface area (Å²) in [6.07, 6.45) is -5.29. The van der Waals surface area contributed by atoms with Crippen molar-refractivity contribution in [2.75, 3.05) is 20.8 Å². The molecule has 36 heavy (non-hydrogen) atoms. The number of hydrogen-bond acceptors (Lipinski definition) is 10. The van der Waals surface area contributed by atoms with Gasteiger partial charge < -0.3 is 37.9 Å². The Labute approximate surface area is 224 Å². The number of fused-ring (bicyclic) bond motifs is 1. The number of rotatable bonds is 8. The van der Waals surface area contributed by atoms with Crippen molar-refractivity contribution in [3.8, 4) is 0 Å². The van der Waals surface area contributed by atoms with Gasteiger partial charge in [-0.15, -0.1) is 0 Å². The van der Waals surface area contributed by atoms with Gasteiger partial charge in [0, 0.05) is 21.1 Å². The van der Waals surface area contributed by atoms with Gasteiger partial charge in [-0.05, 0) is 19.4 Å². The van der Waals surface area contributed by atoms with E-state index < -0.39 is 57.9 Å². The molecule has 0 spiro atoms. The van der Waals surface area contributed by atoms with E-state index in [2.05, 4.69) is 0 Å². The van der Waals surface area contributed by atoms with Gasteiger partial charge in [0.15, 0.2) is 6.10 Å². The molecule has 0 bridgehead atoms. The third-order valence-corrected chi connectivity index (χ3v) is 6.62. The van der Waals surface area contributed by atoms with Crippen LogP contribution in [0.15, 0.2) is 30.3 Å². The number of hydrogen-bond donors (Lipinski definition) is 1. The maximum Gasteiger partial charge on any atom is 0.303 e. The lowest BCUT2D eigenvalue weighted by molar-refractivity contribution is -0.478. The predicted octanol–water partition coefficient (Wildman–Crippen LogP) is 3.73. The molecule has 1 aromatic carbocycles. The number of carbonyl (C=O) groups is 1. The van der Waals surface area contributed by atoms with Gasteiger partial charge >= 0.3 is 5.97 Å². The molecule has 202 valence electrons. The second-order valence-corrected chi connectivity index (χ2v) is 10.8. The van der Waals surface area contributed by atoms with Crippen molar-refractivity contribution in [2.45, 2.75) is 73.5 Å². The fraction of sp³-hybridized carbons (Fsp3) is 0.652.